The van der Waals surface area contributed by atoms with E-state index in [1.807, 2.05) is 6.07 Å². The van der Waals surface area contributed by atoms with E-state index in [0.29, 0.717) is 28.8 Å². The first-order valence-electron chi connectivity index (χ1n) is 13.3. The van der Waals surface area contributed by atoms with Crippen LogP contribution in [-0.4, -0.2) is 59.6 Å². The van der Waals surface area contributed by atoms with Crippen molar-refractivity contribution >= 4 is 44.6 Å². The molecule has 0 aliphatic rings. The highest BCUT2D eigenvalue weighted by Crippen LogP contribution is 2.27. The summed E-state index contributed by atoms with van der Waals surface area (Å²) in [6.07, 6.45) is 3.62. The second-order valence-electron chi connectivity index (χ2n) is 10.2. The summed E-state index contributed by atoms with van der Waals surface area (Å²) >= 11 is 0. The number of aromatic nitrogens is 3. The number of carboxylic acid groups (broad SMARTS) is 1. The Morgan fingerprint density at radius 2 is 1.70 bits per heavy atom. The van der Waals surface area contributed by atoms with E-state index in [1.54, 1.807) is 37.3 Å². The number of carbonyl (C=O) groups is 1. The normalized spacial score (nSPS) is 12.0. The number of anilines is 3. The minimum absolute atomic E-state index is 0.250. The van der Waals surface area contributed by atoms with E-state index in [0.717, 1.165) is 23.2 Å². The summed E-state index contributed by atoms with van der Waals surface area (Å²) in [5.41, 5.74) is 4.59. The number of halogens is 1. The fourth-order valence-electron chi connectivity index (χ4n) is 4.35. The maximum atomic E-state index is 14.2. The molecule has 1 atom stereocenters. The molecule has 224 valence electrons. The Morgan fingerprint density at radius 1 is 1.00 bits per heavy atom. The third kappa shape index (κ3) is 7.73. The van der Waals surface area contributed by atoms with Crippen molar-refractivity contribution in [1.82, 2.24) is 19.4 Å². The standard InChI is InChI=1S/C30H31FN6O2S.CH2O2/c1-20-5-12-29(26(31)15-20)40(38,39)35-25-9-7-24(8-10-25)34-30-17-27(32-19-33-30)22-6-11-28-23(16-22)13-14-37(28)18-21(2)36(3)4;2-1-3/h5-17,19,21,35H,18H2,1-4H3,(H,32,33,34);1H,(H,2,3). The zero-order valence-electron chi connectivity index (χ0n) is 24.2. The molecule has 0 fully saturated rings. The van der Waals surface area contributed by atoms with Crippen molar-refractivity contribution in [2.75, 3.05) is 24.1 Å². The Morgan fingerprint density at radius 3 is 2.37 bits per heavy atom. The third-order valence-corrected chi connectivity index (χ3v) is 8.28. The van der Waals surface area contributed by atoms with E-state index in [4.69, 9.17) is 9.90 Å². The van der Waals surface area contributed by atoms with Gasteiger partial charge in [-0.05, 0) is 88.1 Å². The van der Waals surface area contributed by atoms with Crippen molar-refractivity contribution in [2.45, 2.75) is 31.3 Å². The molecule has 5 rings (SSSR count). The summed E-state index contributed by atoms with van der Waals surface area (Å²) in [5.74, 6) is -0.196. The number of nitrogens with zero attached hydrogens (tertiary/aromatic N) is 4. The minimum Gasteiger partial charge on any atom is -0.483 e. The largest absolute Gasteiger partial charge is 0.483 e. The van der Waals surface area contributed by atoms with Crippen LogP contribution in [0.2, 0.25) is 0 Å². The smallest absolute Gasteiger partial charge is 0.290 e. The molecule has 0 saturated carbocycles. The van der Waals surface area contributed by atoms with Crippen LogP contribution in [0.1, 0.15) is 12.5 Å². The van der Waals surface area contributed by atoms with Crippen molar-refractivity contribution in [3.8, 4) is 11.3 Å². The highest BCUT2D eigenvalue weighted by atomic mass is 32.2. The van der Waals surface area contributed by atoms with Crippen LogP contribution in [0.5, 0.6) is 0 Å². The number of nitrogens with one attached hydrogen (secondary N) is 2. The quantitative estimate of drug-likeness (QED) is 0.182. The van der Waals surface area contributed by atoms with Crippen molar-refractivity contribution < 1.29 is 22.7 Å². The Balaban J connectivity index is 0.00000135. The van der Waals surface area contributed by atoms with E-state index in [9.17, 15) is 12.8 Å². The van der Waals surface area contributed by atoms with Gasteiger partial charge in [0.05, 0.1) is 5.69 Å². The average Bonchev–Trinajstić information content (AvgIpc) is 3.36. The summed E-state index contributed by atoms with van der Waals surface area (Å²) in [6.45, 7) is 4.55. The van der Waals surface area contributed by atoms with Gasteiger partial charge in [-0.1, -0.05) is 12.1 Å². The topological polar surface area (TPSA) is 129 Å². The van der Waals surface area contributed by atoms with Crippen LogP contribution < -0.4 is 10.0 Å². The van der Waals surface area contributed by atoms with E-state index in [1.165, 1.54) is 24.0 Å². The van der Waals surface area contributed by atoms with Crippen LogP contribution in [0.15, 0.2) is 90.2 Å². The van der Waals surface area contributed by atoms with E-state index < -0.39 is 20.7 Å². The Labute approximate surface area is 249 Å². The monoisotopic (exact) mass is 604 g/mol. The fourth-order valence-corrected chi connectivity index (χ4v) is 5.47. The molecular formula is C31H33FN6O4S. The van der Waals surface area contributed by atoms with E-state index in [2.05, 4.69) is 81.0 Å². The van der Waals surface area contributed by atoms with Gasteiger partial charge in [0.1, 0.15) is 22.9 Å². The Hall–Kier alpha value is -4.81. The Kier molecular flexibility index (Phi) is 9.73. The average molecular weight is 605 g/mol. The molecule has 2 heterocycles. The highest BCUT2D eigenvalue weighted by molar-refractivity contribution is 7.92. The molecule has 0 aliphatic carbocycles. The van der Waals surface area contributed by atoms with Gasteiger partial charge < -0.3 is 19.9 Å². The van der Waals surface area contributed by atoms with Gasteiger partial charge >= 0.3 is 0 Å². The predicted octanol–water partition coefficient (Wildman–Crippen LogP) is 5.74. The van der Waals surface area contributed by atoms with Crippen LogP contribution in [0.4, 0.5) is 21.6 Å². The number of rotatable bonds is 9. The number of sulfonamides is 1. The lowest BCUT2D eigenvalue weighted by Gasteiger charge is -2.20. The zero-order chi connectivity index (χ0) is 31.1. The summed E-state index contributed by atoms with van der Waals surface area (Å²) in [4.78, 5) is 19.0. The van der Waals surface area contributed by atoms with Crippen molar-refractivity contribution in [3.05, 3.63) is 96.7 Å². The number of likely N-dealkylation sites (N-methyl/N-ethyl adjacent to an activating group) is 1. The molecule has 43 heavy (non-hydrogen) atoms. The number of hydrogen-bond acceptors (Lipinski definition) is 7. The Bertz CT molecular complexity index is 1820. The van der Waals surface area contributed by atoms with Crippen molar-refractivity contribution in [3.63, 3.8) is 0 Å². The maximum Gasteiger partial charge on any atom is 0.290 e. The first-order chi connectivity index (χ1) is 20.5. The van der Waals surface area contributed by atoms with Crippen LogP contribution in [-0.2, 0) is 21.4 Å². The lowest BCUT2D eigenvalue weighted by Crippen LogP contribution is -2.28. The lowest BCUT2D eigenvalue weighted by atomic mass is 10.1. The van der Waals surface area contributed by atoms with E-state index in [-0.39, 0.29) is 6.47 Å². The lowest BCUT2D eigenvalue weighted by molar-refractivity contribution is -0.122. The van der Waals surface area contributed by atoms with Crippen LogP contribution >= 0.6 is 0 Å². The van der Waals surface area contributed by atoms with Gasteiger partial charge in [0.25, 0.3) is 16.5 Å². The third-order valence-electron chi connectivity index (χ3n) is 6.86. The number of aryl methyl sites for hydroxylation is 1. The van der Waals surface area contributed by atoms with Crippen LogP contribution in [0, 0.1) is 12.7 Å². The summed E-state index contributed by atoms with van der Waals surface area (Å²) < 4.78 is 44.2. The van der Waals surface area contributed by atoms with Crippen LogP contribution in [0.3, 0.4) is 0 Å². The van der Waals surface area contributed by atoms with Gasteiger partial charge in [-0.2, -0.15) is 0 Å². The summed E-state index contributed by atoms with van der Waals surface area (Å²) in [6, 6.07) is 21.3. The van der Waals surface area contributed by atoms with Crippen molar-refractivity contribution in [1.29, 1.82) is 0 Å². The molecular weight excluding hydrogens is 571 g/mol. The molecule has 3 aromatic carbocycles. The summed E-state index contributed by atoms with van der Waals surface area (Å²) in [5, 5.41) is 11.3. The van der Waals surface area contributed by atoms with Crippen LogP contribution in [0.25, 0.3) is 22.2 Å². The summed E-state index contributed by atoms with van der Waals surface area (Å²) in [7, 11) is 0.104. The van der Waals surface area contributed by atoms with Gasteiger partial charge in [-0.25, -0.2) is 22.8 Å². The van der Waals surface area contributed by atoms with Gasteiger partial charge in [0.15, 0.2) is 0 Å². The molecule has 0 bridgehead atoms. The van der Waals surface area contributed by atoms with Gasteiger partial charge in [-0.3, -0.25) is 9.52 Å². The predicted molar refractivity (Wildman–Crippen MR) is 166 cm³/mol. The molecule has 1 unspecified atom stereocenters. The minimum atomic E-state index is -4.06. The second kappa shape index (κ2) is 13.4. The molecule has 12 heteroatoms. The molecule has 5 aromatic rings. The molecule has 0 spiro atoms. The first-order valence-corrected chi connectivity index (χ1v) is 14.8. The van der Waals surface area contributed by atoms with Gasteiger partial charge in [-0.15, -0.1) is 0 Å². The molecule has 0 saturated heterocycles. The SMILES string of the molecule is Cc1ccc(S(=O)(=O)Nc2ccc(Nc3cc(-c4ccc5c(ccn5CC(C)N(C)C)c4)ncn3)cc2)c(F)c1.O=CO. The first kappa shape index (κ1) is 31.1. The molecule has 0 amide bonds. The highest BCUT2D eigenvalue weighted by Gasteiger charge is 2.19. The zero-order valence-corrected chi connectivity index (χ0v) is 25.0. The van der Waals surface area contributed by atoms with E-state index >= 15 is 0 Å². The molecule has 0 aliphatic heterocycles. The number of hydrogen-bond donors (Lipinski definition) is 3. The molecule has 0 radical (unpaired) electrons. The maximum absolute atomic E-state index is 14.2. The fraction of sp³-hybridized carbons (Fsp3) is 0.194. The number of benzene rings is 3. The number of fused-ring (bicyclic) bond motifs is 1. The molecule has 3 N–H and O–H groups in total. The molecule has 10 nitrogen and oxygen atoms in total. The van der Waals surface area contributed by atoms with Crippen molar-refractivity contribution in [2.24, 2.45) is 0 Å². The molecule has 2 aromatic heterocycles. The van der Waals surface area contributed by atoms with Gasteiger partial charge in [0.2, 0.25) is 0 Å². The second-order valence-corrected chi connectivity index (χ2v) is 11.8. The van der Waals surface area contributed by atoms with Gasteiger partial charge in [0, 0.05) is 52.7 Å².